The first-order valence-electron chi connectivity index (χ1n) is 5.67. The topological polar surface area (TPSA) is 34.9 Å². The predicted octanol–water partition coefficient (Wildman–Crippen LogP) is 2.79. The Hall–Kier alpha value is -1.49. The van der Waals surface area contributed by atoms with Crippen LogP contribution in [0.4, 0.5) is 4.39 Å². The molecule has 0 amide bonds. The van der Waals surface area contributed by atoms with Crippen LogP contribution in [0.15, 0.2) is 28.5 Å². The third-order valence-electron chi connectivity index (χ3n) is 2.57. The van der Waals surface area contributed by atoms with Crippen LogP contribution in [0.1, 0.15) is 31.5 Å². The van der Waals surface area contributed by atoms with E-state index in [1.54, 1.807) is 0 Å². The largest absolute Gasteiger partial charge is 0.306 e. The molecule has 2 aromatic heterocycles. The lowest BCUT2D eigenvalue weighted by molar-refractivity contribution is 0.567. The van der Waals surface area contributed by atoms with Crippen molar-refractivity contribution in [1.82, 2.24) is 9.55 Å². The van der Waals surface area contributed by atoms with Gasteiger partial charge in [-0.05, 0) is 6.07 Å². The number of hydrogen-bond acceptors (Lipinski definition) is 3. The highest BCUT2D eigenvalue weighted by Crippen LogP contribution is 2.24. The molecule has 0 N–H and O–H groups in total. The van der Waals surface area contributed by atoms with Gasteiger partial charge in [0.15, 0.2) is 0 Å². The van der Waals surface area contributed by atoms with E-state index in [-0.39, 0.29) is 11.0 Å². The number of pyridine rings is 1. The minimum atomic E-state index is -0.415. The highest BCUT2D eigenvalue weighted by Gasteiger charge is 2.17. The monoisotopic (exact) mass is 266 g/mol. The second kappa shape index (κ2) is 4.65. The van der Waals surface area contributed by atoms with Gasteiger partial charge in [-0.1, -0.05) is 20.8 Å². The molecule has 0 bridgehead atoms. The van der Waals surface area contributed by atoms with Crippen molar-refractivity contribution in [1.29, 1.82) is 0 Å². The third-order valence-corrected chi connectivity index (χ3v) is 3.41. The summed E-state index contributed by atoms with van der Waals surface area (Å²) in [6.07, 6.45) is 1.21. The zero-order valence-electron chi connectivity index (χ0n) is 10.6. The van der Waals surface area contributed by atoms with Gasteiger partial charge in [0.1, 0.15) is 10.8 Å². The summed E-state index contributed by atoms with van der Waals surface area (Å²) in [5, 5.41) is 2.80. The van der Waals surface area contributed by atoms with Crippen LogP contribution >= 0.6 is 11.3 Å². The minimum Gasteiger partial charge on any atom is -0.306 e. The second-order valence-electron chi connectivity index (χ2n) is 5.19. The molecule has 2 rings (SSSR count). The Balaban J connectivity index is 2.27. The maximum atomic E-state index is 13.1. The molecule has 2 heterocycles. The van der Waals surface area contributed by atoms with Gasteiger partial charge in [-0.15, -0.1) is 11.3 Å². The van der Waals surface area contributed by atoms with Crippen LogP contribution in [0.3, 0.4) is 0 Å². The molecular weight excluding hydrogens is 251 g/mol. The highest BCUT2D eigenvalue weighted by molar-refractivity contribution is 7.09. The fraction of sp³-hybridized carbons (Fsp3) is 0.385. The predicted molar refractivity (Wildman–Crippen MR) is 70.6 cm³/mol. The third kappa shape index (κ3) is 2.85. The van der Waals surface area contributed by atoms with Crippen molar-refractivity contribution in [2.75, 3.05) is 0 Å². The van der Waals surface area contributed by atoms with Crippen LogP contribution in [0.5, 0.6) is 0 Å². The van der Waals surface area contributed by atoms with Gasteiger partial charge in [0.2, 0.25) is 0 Å². The molecule has 0 atom stereocenters. The lowest BCUT2D eigenvalue weighted by atomic mass is 9.93. The van der Waals surface area contributed by atoms with Crippen molar-refractivity contribution in [2.24, 2.45) is 0 Å². The van der Waals surface area contributed by atoms with Gasteiger partial charge in [-0.3, -0.25) is 4.79 Å². The molecule has 0 spiro atoms. The molecular formula is C13H15FN2OS. The first-order chi connectivity index (χ1) is 8.36. The Kier molecular flexibility index (Phi) is 3.34. The quantitative estimate of drug-likeness (QED) is 0.837. The van der Waals surface area contributed by atoms with E-state index in [1.165, 1.54) is 34.2 Å². The zero-order chi connectivity index (χ0) is 13.3. The SMILES string of the molecule is CC(C)(C)c1csc(Cn2cc(F)ccc2=O)n1. The van der Waals surface area contributed by atoms with Crippen molar-refractivity contribution >= 4 is 11.3 Å². The smallest absolute Gasteiger partial charge is 0.251 e. The Morgan fingerprint density at radius 1 is 1.39 bits per heavy atom. The summed E-state index contributed by atoms with van der Waals surface area (Å²) in [6.45, 7) is 6.57. The van der Waals surface area contributed by atoms with Crippen LogP contribution in [-0.4, -0.2) is 9.55 Å². The summed E-state index contributed by atoms with van der Waals surface area (Å²) in [6, 6.07) is 2.40. The maximum Gasteiger partial charge on any atom is 0.251 e. The molecule has 0 saturated heterocycles. The van der Waals surface area contributed by atoms with Crippen LogP contribution in [0, 0.1) is 5.82 Å². The molecule has 0 aromatic carbocycles. The molecule has 0 aliphatic rings. The molecule has 0 aliphatic carbocycles. The summed E-state index contributed by atoms with van der Waals surface area (Å²) < 4.78 is 14.4. The molecule has 2 aromatic rings. The van der Waals surface area contributed by atoms with Gasteiger partial charge >= 0.3 is 0 Å². The van der Waals surface area contributed by atoms with Crippen LogP contribution in [-0.2, 0) is 12.0 Å². The van der Waals surface area contributed by atoms with Gasteiger partial charge in [-0.25, -0.2) is 9.37 Å². The van der Waals surface area contributed by atoms with Gasteiger partial charge < -0.3 is 4.57 Å². The Bertz CT molecular complexity index is 610. The van der Waals surface area contributed by atoms with E-state index in [0.29, 0.717) is 6.54 Å². The van der Waals surface area contributed by atoms with Crippen molar-refractivity contribution in [3.63, 3.8) is 0 Å². The molecule has 18 heavy (non-hydrogen) atoms. The Morgan fingerprint density at radius 2 is 2.11 bits per heavy atom. The van der Waals surface area contributed by atoms with Crippen LogP contribution in [0.2, 0.25) is 0 Å². The molecule has 5 heteroatoms. The lowest BCUT2D eigenvalue weighted by Gasteiger charge is -2.14. The van der Waals surface area contributed by atoms with Gasteiger partial charge in [0.05, 0.1) is 12.2 Å². The van der Waals surface area contributed by atoms with Gasteiger partial charge in [0, 0.05) is 23.1 Å². The zero-order valence-corrected chi connectivity index (χ0v) is 11.4. The molecule has 0 radical (unpaired) electrons. The van der Waals surface area contributed by atoms with Crippen LogP contribution < -0.4 is 5.56 Å². The second-order valence-corrected chi connectivity index (χ2v) is 6.13. The minimum absolute atomic E-state index is 0.0123. The number of rotatable bonds is 2. The molecule has 0 saturated carbocycles. The summed E-state index contributed by atoms with van der Waals surface area (Å²) in [7, 11) is 0. The molecule has 0 unspecified atom stereocenters. The van der Waals surface area contributed by atoms with E-state index in [4.69, 9.17) is 0 Å². The lowest BCUT2D eigenvalue weighted by Crippen LogP contribution is -2.19. The number of hydrogen-bond donors (Lipinski definition) is 0. The summed E-state index contributed by atoms with van der Waals surface area (Å²) in [5.41, 5.74) is 0.762. The molecule has 96 valence electrons. The fourth-order valence-corrected chi connectivity index (χ4v) is 2.52. The summed E-state index contributed by atoms with van der Waals surface area (Å²) >= 11 is 1.49. The van der Waals surface area contributed by atoms with E-state index < -0.39 is 5.82 Å². The average molecular weight is 266 g/mol. The highest BCUT2D eigenvalue weighted by atomic mass is 32.1. The van der Waals surface area contributed by atoms with E-state index >= 15 is 0 Å². The Morgan fingerprint density at radius 3 is 2.72 bits per heavy atom. The maximum absolute atomic E-state index is 13.1. The van der Waals surface area contributed by atoms with Crippen molar-refractivity contribution < 1.29 is 4.39 Å². The molecule has 0 fully saturated rings. The Labute approximate surface area is 109 Å². The number of aromatic nitrogens is 2. The summed E-state index contributed by atoms with van der Waals surface area (Å²) in [5.74, 6) is -0.415. The average Bonchev–Trinajstić information content (AvgIpc) is 2.71. The first-order valence-corrected chi connectivity index (χ1v) is 6.55. The normalized spacial score (nSPS) is 11.8. The van der Waals surface area contributed by atoms with Crippen molar-refractivity contribution in [3.8, 4) is 0 Å². The van der Waals surface area contributed by atoms with Gasteiger partial charge in [-0.2, -0.15) is 0 Å². The summed E-state index contributed by atoms with van der Waals surface area (Å²) in [4.78, 5) is 16.0. The van der Waals surface area contributed by atoms with Crippen molar-refractivity contribution in [2.45, 2.75) is 32.7 Å². The van der Waals surface area contributed by atoms with E-state index in [1.807, 2.05) is 5.38 Å². The molecule has 3 nitrogen and oxygen atoms in total. The van der Waals surface area contributed by atoms with E-state index in [9.17, 15) is 9.18 Å². The van der Waals surface area contributed by atoms with Gasteiger partial charge in [0.25, 0.3) is 5.56 Å². The van der Waals surface area contributed by atoms with E-state index in [2.05, 4.69) is 25.8 Å². The van der Waals surface area contributed by atoms with E-state index in [0.717, 1.165) is 10.7 Å². The number of thiazole rings is 1. The molecule has 0 aliphatic heterocycles. The first kappa shape index (κ1) is 13.0. The van der Waals surface area contributed by atoms with Crippen molar-refractivity contribution in [3.05, 3.63) is 50.6 Å². The fourth-order valence-electron chi connectivity index (χ4n) is 1.50. The number of halogens is 1. The van der Waals surface area contributed by atoms with Crippen LogP contribution in [0.25, 0.3) is 0 Å². The number of nitrogens with zero attached hydrogens (tertiary/aromatic N) is 2. The standard InChI is InChI=1S/C13H15FN2OS/c1-13(2,3)10-8-18-11(15-10)7-16-6-9(14)4-5-12(16)17/h4-6,8H,7H2,1-3H3.